The highest BCUT2D eigenvalue weighted by Crippen LogP contribution is 2.43. The van der Waals surface area contributed by atoms with Gasteiger partial charge in [0.1, 0.15) is 0 Å². The second-order valence-electron chi connectivity index (χ2n) is 4.42. The van der Waals surface area contributed by atoms with Gasteiger partial charge in [-0.25, -0.2) is 0 Å². The third kappa shape index (κ3) is 1.03. The lowest BCUT2D eigenvalue weighted by Gasteiger charge is -2.25. The molecule has 0 saturated heterocycles. The molecule has 13 heavy (non-hydrogen) atoms. The van der Waals surface area contributed by atoms with E-state index in [0.29, 0.717) is 12.0 Å². The average molecular weight is 173 g/mol. The van der Waals surface area contributed by atoms with E-state index in [9.17, 15) is 0 Å². The minimum absolute atomic E-state index is 0.354. The fourth-order valence-electron chi connectivity index (χ4n) is 2.90. The quantitative estimate of drug-likeness (QED) is 0.597. The third-order valence-electron chi connectivity index (χ3n) is 3.66. The maximum atomic E-state index is 6.06. The molecule has 3 unspecified atom stereocenters. The number of hydrogen-bond donors (Lipinski definition) is 1. The smallest absolute Gasteiger partial charge is 0.0259 e. The number of rotatable bonds is 0. The van der Waals surface area contributed by atoms with Crippen molar-refractivity contribution in [2.24, 2.45) is 17.6 Å². The van der Waals surface area contributed by atoms with Crippen molar-refractivity contribution in [3.05, 3.63) is 35.5 Å². The van der Waals surface area contributed by atoms with Crippen LogP contribution >= 0.6 is 0 Å². The van der Waals surface area contributed by atoms with E-state index in [1.165, 1.54) is 30.4 Å². The van der Waals surface area contributed by atoms with Crippen molar-refractivity contribution >= 4 is 0 Å². The van der Waals surface area contributed by atoms with Gasteiger partial charge in [0.2, 0.25) is 0 Å². The second-order valence-corrected chi connectivity index (χ2v) is 4.42. The van der Waals surface area contributed by atoms with Gasteiger partial charge in [0.15, 0.2) is 0 Å². The summed E-state index contributed by atoms with van der Waals surface area (Å²) in [7, 11) is 0. The van der Waals surface area contributed by atoms with Gasteiger partial charge < -0.3 is 5.73 Å². The van der Waals surface area contributed by atoms with Crippen LogP contribution in [0.15, 0.2) is 35.5 Å². The summed E-state index contributed by atoms with van der Waals surface area (Å²) in [6, 6.07) is 0.354. The summed E-state index contributed by atoms with van der Waals surface area (Å²) in [6.07, 6.45) is 12.9. The molecule has 0 radical (unpaired) electrons. The molecule has 3 rings (SSSR count). The second kappa shape index (κ2) is 2.58. The minimum atomic E-state index is 0.354. The van der Waals surface area contributed by atoms with E-state index < -0.39 is 0 Å². The summed E-state index contributed by atoms with van der Waals surface area (Å²) >= 11 is 0. The van der Waals surface area contributed by atoms with Crippen LogP contribution in [-0.2, 0) is 0 Å². The highest BCUT2D eigenvalue weighted by molar-refractivity contribution is 5.43. The van der Waals surface area contributed by atoms with Gasteiger partial charge >= 0.3 is 0 Å². The van der Waals surface area contributed by atoms with Crippen LogP contribution in [0.25, 0.3) is 0 Å². The van der Waals surface area contributed by atoms with Gasteiger partial charge in [-0.3, -0.25) is 0 Å². The standard InChI is InChI=1S/C12H15N/c13-12-5-4-10-6-8-2-1-3-9(8)7-11(10)12/h1-3,7-8,10,12H,4-6,13H2. The first-order chi connectivity index (χ1) is 6.34. The summed E-state index contributed by atoms with van der Waals surface area (Å²) in [4.78, 5) is 0. The average Bonchev–Trinajstić information content (AvgIpc) is 2.70. The van der Waals surface area contributed by atoms with E-state index in [0.717, 1.165) is 5.92 Å². The Kier molecular flexibility index (Phi) is 1.50. The SMILES string of the molecule is NC1CCC2CC3C=CC=C3C=C12. The summed E-state index contributed by atoms with van der Waals surface area (Å²) in [6.45, 7) is 0. The molecular formula is C12H15N. The first-order valence-electron chi connectivity index (χ1n) is 5.20. The molecule has 2 N–H and O–H groups in total. The lowest BCUT2D eigenvalue weighted by Crippen LogP contribution is -2.22. The third-order valence-corrected chi connectivity index (χ3v) is 3.66. The summed E-state index contributed by atoms with van der Waals surface area (Å²) in [5, 5.41) is 0. The zero-order chi connectivity index (χ0) is 8.84. The molecular weight excluding hydrogens is 158 g/mol. The topological polar surface area (TPSA) is 26.0 Å². The van der Waals surface area contributed by atoms with Crippen LogP contribution in [0.2, 0.25) is 0 Å². The Labute approximate surface area is 79.0 Å². The zero-order valence-corrected chi connectivity index (χ0v) is 7.74. The Morgan fingerprint density at radius 3 is 3.15 bits per heavy atom. The molecule has 1 saturated carbocycles. The maximum Gasteiger partial charge on any atom is 0.0259 e. The highest BCUT2D eigenvalue weighted by atomic mass is 14.7. The van der Waals surface area contributed by atoms with Gasteiger partial charge in [-0.15, -0.1) is 0 Å². The molecule has 3 aliphatic carbocycles. The maximum absolute atomic E-state index is 6.06. The molecule has 68 valence electrons. The lowest BCUT2D eigenvalue weighted by atomic mass is 9.80. The fourth-order valence-corrected chi connectivity index (χ4v) is 2.90. The molecule has 3 atom stereocenters. The zero-order valence-electron chi connectivity index (χ0n) is 7.74. The number of allylic oxidation sites excluding steroid dienone is 5. The monoisotopic (exact) mass is 173 g/mol. The van der Waals surface area contributed by atoms with Crippen molar-refractivity contribution in [2.45, 2.75) is 25.3 Å². The minimum Gasteiger partial charge on any atom is -0.324 e. The van der Waals surface area contributed by atoms with Gasteiger partial charge in [0.25, 0.3) is 0 Å². The van der Waals surface area contributed by atoms with Gasteiger partial charge in [-0.1, -0.05) is 29.9 Å². The Morgan fingerprint density at radius 2 is 2.23 bits per heavy atom. The molecule has 0 heterocycles. The Morgan fingerprint density at radius 1 is 1.31 bits per heavy atom. The van der Waals surface area contributed by atoms with Gasteiger partial charge in [-0.05, 0) is 30.8 Å². The molecule has 0 aromatic carbocycles. The Hall–Kier alpha value is -0.820. The highest BCUT2D eigenvalue weighted by Gasteiger charge is 2.34. The van der Waals surface area contributed by atoms with E-state index in [1.54, 1.807) is 0 Å². The molecule has 0 spiro atoms. The van der Waals surface area contributed by atoms with Crippen LogP contribution in [0.1, 0.15) is 19.3 Å². The first kappa shape index (κ1) is 7.57. The lowest BCUT2D eigenvalue weighted by molar-refractivity contribution is 0.502. The molecule has 1 fully saturated rings. The van der Waals surface area contributed by atoms with E-state index >= 15 is 0 Å². The van der Waals surface area contributed by atoms with Crippen molar-refractivity contribution in [3.8, 4) is 0 Å². The summed E-state index contributed by atoms with van der Waals surface area (Å²) < 4.78 is 0. The van der Waals surface area contributed by atoms with Crippen LogP contribution < -0.4 is 5.73 Å². The van der Waals surface area contributed by atoms with Gasteiger partial charge in [-0.2, -0.15) is 0 Å². The Bertz CT molecular complexity index is 322. The van der Waals surface area contributed by atoms with Crippen molar-refractivity contribution in [1.29, 1.82) is 0 Å². The van der Waals surface area contributed by atoms with Crippen LogP contribution in [0.3, 0.4) is 0 Å². The van der Waals surface area contributed by atoms with Crippen molar-refractivity contribution in [3.63, 3.8) is 0 Å². The molecule has 1 heteroatoms. The molecule has 0 bridgehead atoms. The van der Waals surface area contributed by atoms with Crippen LogP contribution in [0, 0.1) is 11.8 Å². The van der Waals surface area contributed by atoms with Gasteiger partial charge in [0.05, 0.1) is 0 Å². The summed E-state index contributed by atoms with van der Waals surface area (Å²) in [5.74, 6) is 1.50. The van der Waals surface area contributed by atoms with Gasteiger partial charge in [0, 0.05) is 12.0 Å². The molecule has 0 amide bonds. The first-order valence-corrected chi connectivity index (χ1v) is 5.20. The Balaban J connectivity index is 1.99. The largest absolute Gasteiger partial charge is 0.324 e. The molecule has 0 aromatic rings. The number of fused-ring (bicyclic) bond motifs is 2. The van der Waals surface area contributed by atoms with Crippen molar-refractivity contribution in [2.75, 3.05) is 0 Å². The van der Waals surface area contributed by atoms with E-state index in [1.807, 2.05) is 0 Å². The molecule has 0 aliphatic heterocycles. The van der Waals surface area contributed by atoms with E-state index in [4.69, 9.17) is 5.73 Å². The van der Waals surface area contributed by atoms with Crippen LogP contribution in [0.5, 0.6) is 0 Å². The van der Waals surface area contributed by atoms with Crippen LogP contribution in [-0.4, -0.2) is 6.04 Å². The fraction of sp³-hybridized carbons (Fsp3) is 0.500. The molecule has 1 nitrogen and oxygen atoms in total. The number of nitrogens with two attached hydrogens (primary N) is 1. The van der Waals surface area contributed by atoms with E-state index in [-0.39, 0.29) is 0 Å². The number of hydrogen-bond acceptors (Lipinski definition) is 1. The normalized spacial score (nSPS) is 41.2. The predicted octanol–water partition coefficient (Wildman–Crippen LogP) is 2.17. The molecule has 3 aliphatic rings. The van der Waals surface area contributed by atoms with E-state index in [2.05, 4.69) is 24.3 Å². The van der Waals surface area contributed by atoms with Crippen LogP contribution in [0.4, 0.5) is 0 Å². The predicted molar refractivity (Wildman–Crippen MR) is 54.1 cm³/mol. The summed E-state index contributed by atoms with van der Waals surface area (Å²) in [5.41, 5.74) is 9.07. The molecule has 0 aromatic heterocycles. The van der Waals surface area contributed by atoms with Crippen molar-refractivity contribution < 1.29 is 0 Å². The van der Waals surface area contributed by atoms with Crippen molar-refractivity contribution in [1.82, 2.24) is 0 Å².